The van der Waals surface area contributed by atoms with E-state index in [0.717, 1.165) is 11.3 Å². The summed E-state index contributed by atoms with van der Waals surface area (Å²) in [7, 11) is 0. The largest absolute Gasteiger partial charge is 0.457 e. The lowest BCUT2D eigenvalue weighted by atomic mass is 10.1. The van der Waals surface area contributed by atoms with Gasteiger partial charge in [-0.2, -0.15) is 5.26 Å². The third kappa shape index (κ3) is 3.48. The molecule has 0 saturated carbocycles. The summed E-state index contributed by atoms with van der Waals surface area (Å²) in [6.45, 7) is 0. The van der Waals surface area contributed by atoms with Crippen molar-refractivity contribution in [2.75, 3.05) is 0 Å². The minimum atomic E-state index is 0.412. The van der Waals surface area contributed by atoms with E-state index in [-0.39, 0.29) is 0 Å². The molecule has 23 heavy (non-hydrogen) atoms. The predicted octanol–water partition coefficient (Wildman–Crippen LogP) is 6.32. The molecule has 4 heteroatoms. The molecule has 2 nitrogen and oxygen atoms in total. The molecule has 0 N–H and O–H groups in total. The summed E-state index contributed by atoms with van der Waals surface area (Å²) in [5.74, 6) is 1.36. The number of hydrogen-bond donors (Lipinski definition) is 0. The maximum atomic E-state index is 9.39. The van der Waals surface area contributed by atoms with Crippen LogP contribution in [-0.2, 0) is 0 Å². The summed E-state index contributed by atoms with van der Waals surface area (Å²) >= 11 is 11.9. The summed E-state index contributed by atoms with van der Waals surface area (Å²) in [4.78, 5) is 0. The number of nitriles is 1. The van der Waals surface area contributed by atoms with E-state index in [1.807, 2.05) is 42.5 Å². The standard InChI is InChI=1S/C19H11Cl2NO/c20-17-8-6-14(11-18(17)21)15(12-22)10-16-7-9-19(23-16)13-4-2-1-3-5-13/h1-11H/b15-10+. The molecule has 3 rings (SSSR count). The molecule has 0 saturated heterocycles. The van der Waals surface area contributed by atoms with E-state index < -0.39 is 0 Å². The van der Waals surface area contributed by atoms with Gasteiger partial charge in [-0.1, -0.05) is 59.6 Å². The molecule has 0 unspecified atom stereocenters. The lowest BCUT2D eigenvalue weighted by molar-refractivity contribution is 0.572. The van der Waals surface area contributed by atoms with Crippen LogP contribution >= 0.6 is 23.2 Å². The minimum absolute atomic E-state index is 0.412. The molecule has 2 aromatic carbocycles. The van der Waals surface area contributed by atoms with Crippen molar-refractivity contribution in [3.8, 4) is 17.4 Å². The molecule has 0 spiro atoms. The van der Waals surface area contributed by atoms with Gasteiger partial charge in [0, 0.05) is 5.56 Å². The Hall–Kier alpha value is -2.47. The second-order valence-electron chi connectivity index (χ2n) is 4.87. The monoisotopic (exact) mass is 339 g/mol. The zero-order valence-corrected chi connectivity index (χ0v) is 13.5. The molecular weight excluding hydrogens is 329 g/mol. The van der Waals surface area contributed by atoms with Gasteiger partial charge in [0.2, 0.25) is 0 Å². The summed E-state index contributed by atoms with van der Waals surface area (Å²) < 4.78 is 5.79. The predicted molar refractivity (Wildman–Crippen MR) is 94.1 cm³/mol. The van der Waals surface area contributed by atoms with Gasteiger partial charge in [0.15, 0.2) is 0 Å². The first-order valence-corrected chi connectivity index (χ1v) is 7.65. The fourth-order valence-corrected chi connectivity index (χ4v) is 2.47. The topological polar surface area (TPSA) is 36.9 Å². The van der Waals surface area contributed by atoms with E-state index in [4.69, 9.17) is 27.6 Å². The fourth-order valence-electron chi connectivity index (χ4n) is 2.17. The van der Waals surface area contributed by atoms with Crippen molar-refractivity contribution in [1.82, 2.24) is 0 Å². The van der Waals surface area contributed by atoms with E-state index >= 15 is 0 Å². The quantitative estimate of drug-likeness (QED) is 0.523. The van der Waals surface area contributed by atoms with Crippen LogP contribution in [0, 0.1) is 11.3 Å². The van der Waals surface area contributed by atoms with Crippen LogP contribution in [0.5, 0.6) is 0 Å². The van der Waals surface area contributed by atoms with Crippen molar-refractivity contribution in [3.63, 3.8) is 0 Å². The van der Waals surface area contributed by atoms with Crippen LogP contribution in [0.3, 0.4) is 0 Å². The number of benzene rings is 2. The Balaban J connectivity index is 1.95. The van der Waals surface area contributed by atoms with Crippen LogP contribution in [0.15, 0.2) is 65.1 Å². The molecular formula is C19H11Cl2NO. The number of halogens is 2. The van der Waals surface area contributed by atoms with Crippen molar-refractivity contribution in [2.45, 2.75) is 0 Å². The molecule has 0 aliphatic heterocycles. The highest BCUT2D eigenvalue weighted by Gasteiger charge is 2.07. The molecule has 1 heterocycles. The van der Waals surface area contributed by atoms with Crippen LogP contribution < -0.4 is 0 Å². The molecule has 0 fully saturated rings. The van der Waals surface area contributed by atoms with E-state index in [9.17, 15) is 5.26 Å². The number of allylic oxidation sites excluding steroid dienone is 1. The second-order valence-corrected chi connectivity index (χ2v) is 5.68. The van der Waals surface area contributed by atoms with Gasteiger partial charge in [-0.25, -0.2) is 0 Å². The first-order chi connectivity index (χ1) is 11.2. The summed E-state index contributed by atoms with van der Waals surface area (Å²) in [6.07, 6.45) is 1.69. The van der Waals surface area contributed by atoms with Gasteiger partial charge < -0.3 is 4.42 Å². The van der Waals surface area contributed by atoms with Crippen molar-refractivity contribution < 1.29 is 4.42 Å². The van der Waals surface area contributed by atoms with Gasteiger partial charge in [0.05, 0.1) is 21.7 Å². The number of nitrogens with zero attached hydrogens (tertiary/aromatic N) is 1. The Morgan fingerprint density at radius 2 is 1.74 bits per heavy atom. The highest BCUT2D eigenvalue weighted by molar-refractivity contribution is 6.42. The molecule has 0 atom stereocenters. The zero-order valence-electron chi connectivity index (χ0n) is 12.0. The average molecular weight is 340 g/mol. The Morgan fingerprint density at radius 3 is 2.43 bits per heavy atom. The molecule has 0 aliphatic carbocycles. The SMILES string of the molecule is N#C/C(=C\c1ccc(-c2ccccc2)o1)c1ccc(Cl)c(Cl)c1. The van der Waals surface area contributed by atoms with Gasteiger partial charge in [-0.3, -0.25) is 0 Å². The summed E-state index contributed by atoms with van der Waals surface area (Å²) in [5.41, 5.74) is 2.14. The van der Waals surface area contributed by atoms with Crippen LogP contribution in [0.4, 0.5) is 0 Å². The lowest BCUT2D eigenvalue weighted by Crippen LogP contribution is -1.82. The number of rotatable bonds is 3. The number of furan rings is 1. The van der Waals surface area contributed by atoms with E-state index in [0.29, 0.717) is 26.9 Å². The van der Waals surface area contributed by atoms with Crippen molar-refractivity contribution in [2.24, 2.45) is 0 Å². The van der Waals surface area contributed by atoms with Gasteiger partial charge in [0.25, 0.3) is 0 Å². The van der Waals surface area contributed by atoms with Crippen LogP contribution in [0.1, 0.15) is 11.3 Å². The molecule has 112 valence electrons. The lowest BCUT2D eigenvalue weighted by Gasteiger charge is -2.01. The minimum Gasteiger partial charge on any atom is -0.457 e. The first kappa shape index (κ1) is 15.4. The van der Waals surface area contributed by atoms with Gasteiger partial charge in [-0.15, -0.1) is 0 Å². The van der Waals surface area contributed by atoms with Gasteiger partial charge in [-0.05, 0) is 35.9 Å². The smallest absolute Gasteiger partial charge is 0.134 e. The van der Waals surface area contributed by atoms with Crippen LogP contribution in [0.25, 0.3) is 23.0 Å². The van der Waals surface area contributed by atoms with Crippen LogP contribution in [-0.4, -0.2) is 0 Å². The number of hydrogen-bond acceptors (Lipinski definition) is 2. The van der Waals surface area contributed by atoms with Gasteiger partial charge in [0.1, 0.15) is 11.5 Å². The summed E-state index contributed by atoms with van der Waals surface area (Å²) in [6, 6.07) is 20.7. The van der Waals surface area contributed by atoms with Crippen molar-refractivity contribution in [3.05, 3.63) is 82.0 Å². The average Bonchev–Trinajstić information content (AvgIpc) is 3.05. The Kier molecular flexibility index (Phi) is 4.52. The molecule has 1 aromatic heterocycles. The maximum Gasteiger partial charge on any atom is 0.134 e. The molecule has 3 aromatic rings. The highest BCUT2D eigenvalue weighted by Crippen LogP contribution is 2.28. The molecule has 0 radical (unpaired) electrons. The molecule has 0 amide bonds. The Bertz CT molecular complexity index is 905. The van der Waals surface area contributed by atoms with E-state index in [1.165, 1.54) is 0 Å². The van der Waals surface area contributed by atoms with E-state index in [1.54, 1.807) is 24.3 Å². The third-order valence-electron chi connectivity index (χ3n) is 3.32. The molecule has 0 bridgehead atoms. The second kappa shape index (κ2) is 6.75. The van der Waals surface area contributed by atoms with Crippen LogP contribution in [0.2, 0.25) is 10.0 Å². The van der Waals surface area contributed by atoms with Crippen molar-refractivity contribution >= 4 is 34.9 Å². The highest BCUT2D eigenvalue weighted by atomic mass is 35.5. The van der Waals surface area contributed by atoms with E-state index in [2.05, 4.69) is 6.07 Å². The fraction of sp³-hybridized carbons (Fsp3) is 0. The maximum absolute atomic E-state index is 9.39. The first-order valence-electron chi connectivity index (χ1n) is 6.90. The normalized spacial score (nSPS) is 11.3. The zero-order chi connectivity index (χ0) is 16.2. The van der Waals surface area contributed by atoms with Gasteiger partial charge >= 0.3 is 0 Å². The Morgan fingerprint density at radius 1 is 0.957 bits per heavy atom. The Labute approximate surface area is 144 Å². The van der Waals surface area contributed by atoms with Crippen molar-refractivity contribution in [1.29, 1.82) is 5.26 Å². The summed E-state index contributed by atoms with van der Waals surface area (Å²) in [5, 5.41) is 10.3. The third-order valence-corrected chi connectivity index (χ3v) is 4.06. The molecule has 0 aliphatic rings.